The number of halogens is 1. The summed E-state index contributed by atoms with van der Waals surface area (Å²) in [4.78, 5) is 27.8. The molecule has 3 heterocycles. The monoisotopic (exact) mass is 390 g/mol. The molecule has 0 aliphatic carbocycles. The number of nitrogens with zero attached hydrogens (tertiary/aromatic N) is 2. The molecule has 0 saturated carbocycles. The zero-order valence-corrected chi connectivity index (χ0v) is 16.2. The molecule has 1 amide bonds. The summed E-state index contributed by atoms with van der Waals surface area (Å²) in [6.45, 7) is 5.48. The molecule has 27 heavy (non-hydrogen) atoms. The Balaban J connectivity index is 1.55. The Morgan fingerprint density at radius 3 is 2.81 bits per heavy atom. The van der Waals surface area contributed by atoms with Crippen molar-refractivity contribution in [1.29, 1.82) is 0 Å². The van der Waals surface area contributed by atoms with Crippen LogP contribution in [-0.4, -0.2) is 42.1 Å². The molecule has 0 bridgehead atoms. The lowest BCUT2D eigenvalue weighted by Crippen LogP contribution is -2.35. The molecule has 2 aromatic rings. The summed E-state index contributed by atoms with van der Waals surface area (Å²) in [5.41, 5.74) is 1.97. The number of hydrogen-bond acceptors (Lipinski definition) is 5. The fourth-order valence-electron chi connectivity index (χ4n) is 3.96. The van der Waals surface area contributed by atoms with Crippen molar-refractivity contribution < 1.29 is 13.9 Å². The number of amides is 1. The molecule has 2 aliphatic rings. The first-order valence-electron chi connectivity index (χ1n) is 9.48. The highest BCUT2D eigenvalue weighted by Crippen LogP contribution is 2.39. The highest BCUT2D eigenvalue weighted by atomic mass is 35.5. The van der Waals surface area contributed by atoms with Gasteiger partial charge in [-0.05, 0) is 30.9 Å². The summed E-state index contributed by atoms with van der Waals surface area (Å²) in [5, 5.41) is 1.41. The van der Waals surface area contributed by atoms with Crippen LogP contribution in [0.15, 0.2) is 21.3 Å². The minimum absolute atomic E-state index is 0.252. The predicted molar refractivity (Wildman–Crippen MR) is 103 cm³/mol. The molecule has 0 atom stereocenters. The summed E-state index contributed by atoms with van der Waals surface area (Å²) >= 11 is 6.44. The molecule has 4 rings (SSSR count). The number of benzene rings is 1. The fourth-order valence-corrected chi connectivity index (χ4v) is 4.24. The second-order valence-corrected chi connectivity index (χ2v) is 7.56. The Labute approximate surface area is 162 Å². The molecule has 144 valence electrons. The highest BCUT2D eigenvalue weighted by molar-refractivity contribution is 6.33. The van der Waals surface area contributed by atoms with Crippen LogP contribution in [0.4, 0.5) is 0 Å². The van der Waals surface area contributed by atoms with Gasteiger partial charge in [0.25, 0.3) is 0 Å². The van der Waals surface area contributed by atoms with Crippen molar-refractivity contribution in [1.82, 2.24) is 9.80 Å². The number of ether oxygens (including phenoxy) is 1. The molecule has 0 radical (unpaired) electrons. The van der Waals surface area contributed by atoms with Crippen LogP contribution >= 0.6 is 11.6 Å². The van der Waals surface area contributed by atoms with Gasteiger partial charge in [0.15, 0.2) is 0 Å². The van der Waals surface area contributed by atoms with Gasteiger partial charge < -0.3 is 14.1 Å². The zero-order valence-electron chi connectivity index (χ0n) is 15.4. The molecule has 7 heteroatoms. The number of fused-ring (bicyclic) bond motifs is 3. The molecule has 0 N–H and O–H groups in total. The number of likely N-dealkylation sites (tertiary alicyclic amines) is 1. The summed E-state index contributed by atoms with van der Waals surface area (Å²) in [6, 6.07) is 3.35. The van der Waals surface area contributed by atoms with E-state index in [0.717, 1.165) is 55.4 Å². The van der Waals surface area contributed by atoms with Gasteiger partial charge in [-0.25, -0.2) is 4.79 Å². The molecule has 2 aliphatic heterocycles. The van der Waals surface area contributed by atoms with Crippen LogP contribution in [0.5, 0.6) is 5.75 Å². The van der Waals surface area contributed by atoms with Gasteiger partial charge in [-0.1, -0.05) is 18.5 Å². The van der Waals surface area contributed by atoms with Gasteiger partial charge in [0.1, 0.15) is 18.1 Å². The second-order valence-electron chi connectivity index (χ2n) is 7.15. The lowest BCUT2D eigenvalue weighted by molar-refractivity contribution is -0.127. The Morgan fingerprint density at radius 2 is 2.07 bits per heavy atom. The van der Waals surface area contributed by atoms with Gasteiger partial charge in [0, 0.05) is 44.1 Å². The first-order valence-corrected chi connectivity index (χ1v) is 9.85. The molecule has 1 aromatic heterocycles. The summed E-state index contributed by atoms with van der Waals surface area (Å²) < 4.78 is 11.4. The van der Waals surface area contributed by atoms with Gasteiger partial charge in [-0.15, -0.1) is 0 Å². The smallest absolute Gasteiger partial charge is 0.336 e. The number of rotatable bonds is 5. The van der Waals surface area contributed by atoms with E-state index in [-0.39, 0.29) is 11.5 Å². The van der Waals surface area contributed by atoms with E-state index in [1.165, 1.54) is 6.07 Å². The van der Waals surface area contributed by atoms with E-state index in [1.807, 2.05) is 17.9 Å². The number of carbonyl (C=O) groups is 1. The van der Waals surface area contributed by atoms with Crippen molar-refractivity contribution in [2.75, 3.05) is 26.4 Å². The number of carbonyl (C=O) groups excluding carboxylic acids is 1. The lowest BCUT2D eigenvalue weighted by Gasteiger charge is -2.30. The molecule has 0 spiro atoms. The van der Waals surface area contributed by atoms with Gasteiger partial charge in [-0.3, -0.25) is 9.69 Å². The van der Waals surface area contributed by atoms with Crippen LogP contribution in [0.1, 0.15) is 37.3 Å². The van der Waals surface area contributed by atoms with E-state index in [9.17, 15) is 9.59 Å². The average molecular weight is 391 g/mol. The lowest BCUT2D eigenvalue weighted by atomic mass is 10.0. The number of hydrogen-bond donors (Lipinski definition) is 0. The van der Waals surface area contributed by atoms with E-state index in [4.69, 9.17) is 20.8 Å². The maximum Gasteiger partial charge on any atom is 0.336 e. The van der Waals surface area contributed by atoms with Crippen LogP contribution < -0.4 is 10.4 Å². The minimum Gasteiger partial charge on any atom is -0.476 e. The maximum atomic E-state index is 12.0. The molecule has 1 saturated heterocycles. The summed E-state index contributed by atoms with van der Waals surface area (Å²) in [7, 11) is 0. The SMILES string of the molecule is CCc1cc(=O)oc2c3c(c(Cl)cc12)OCN(CCCN1CCCC1=O)C3. The average Bonchev–Trinajstić information content (AvgIpc) is 3.07. The second kappa shape index (κ2) is 7.52. The standard InChI is InChI=1S/C20H23ClN2O4/c1-2-13-9-18(25)27-19-14(13)10-16(21)20-15(19)11-22(12-26-20)6-4-8-23-7-3-5-17(23)24/h9-10H,2-8,11-12H2,1H3. The van der Waals surface area contributed by atoms with Crippen LogP contribution in [0.25, 0.3) is 11.0 Å². The summed E-state index contributed by atoms with van der Waals surface area (Å²) in [6.07, 6.45) is 3.24. The van der Waals surface area contributed by atoms with Crippen LogP contribution in [0.3, 0.4) is 0 Å². The van der Waals surface area contributed by atoms with Gasteiger partial charge in [0.05, 0.1) is 10.6 Å². The Morgan fingerprint density at radius 1 is 1.22 bits per heavy atom. The van der Waals surface area contributed by atoms with Crippen LogP contribution in [0, 0.1) is 0 Å². The quantitative estimate of drug-likeness (QED) is 0.734. The van der Waals surface area contributed by atoms with Crippen molar-refractivity contribution in [3.8, 4) is 5.75 Å². The number of aryl methyl sites for hydroxylation is 1. The zero-order chi connectivity index (χ0) is 19.0. The van der Waals surface area contributed by atoms with E-state index in [0.29, 0.717) is 36.1 Å². The van der Waals surface area contributed by atoms with Crippen LogP contribution in [0.2, 0.25) is 5.02 Å². The Bertz CT molecular complexity index is 940. The summed E-state index contributed by atoms with van der Waals surface area (Å²) in [5.74, 6) is 0.855. The maximum absolute atomic E-state index is 12.0. The van der Waals surface area contributed by atoms with Crippen molar-refractivity contribution >= 4 is 28.5 Å². The largest absolute Gasteiger partial charge is 0.476 e. The molecule has 6 nitrogen and oxygen atoms in total. The van der Waals surface area contributed by atoms with Crippen LogP contribution in [-0.2, 0) is 17.8 Å². The topological polar surface area (TPSA) is 63.0 Å². The third-order valence-corrected chi connectivity index (χ3v) is 5.63. The fraction of sp³-hybridized carbons (Fsp3) is 0.500. The van der Waals surface area contributed by atoms with Gasteiger partial charge in [-0.2, -0.15) is 0 Å². The molecule has 1 aromatic carbocycles. The first-order chi connectivity index (χ1) is 13.1. The molecular weight excluding hydrogens is 368 g/mol. The van der Waals surface area contributed by atoms with E-state index in [2.05, 4.69) is 4.90 Å². The molecule has 1 fully saturated rings. The van der Waals surface area contributed by atoms with Gasteiger partial charge >= 0.3 is 5.63 Å². The van der Waals surface area contributed by atoms with E-state index >= 15 is 0 Å². The van der Waals surface area contributed by atoms with E-state index in [1.54, 1.807) is 0 Å². The van der Waals surface area contributed by atoms with Crippen molar-refractivity contribution in [3.05, 3.63) is 38.7 Å². The minimum atomic E-state index is -0.353. The van der Waals surface area contributed by atoms with Crippen molar-refractivity contribution in [2.24, 2.45) is 0 Å². The normalized spacial score (nSPS) is 17.4. The predicted octanol–water partition coefficient (Wildman–Crippen LogP) is 3.17. The Hall–Kier alpha value is -2.05. The third-order valence-electron chi connectivity index (χ3n) is 5.35. The van der Waals surface area contributed by atoms with Crippen molar-refractivity contribution in [2.45, 2.75) is 39.2 Å². The molecule has 0 unspecified atom stereocenters. The highest BCUT2D eigenvalue weighted by Gasteiger charge is 2.25. The third kappa shape index (κ3) is 3.56. The van der Waals surface area contributed by atoms with Gasteiger partial charge in [0.2, 0.25) is 5.91 Å². The molecular formula is C20H23ClN2O4. The van der Waals surface area contributed by atoms with Crippen molar-refractivity contribution in [3.63, 3.8) is 0 Å². The van der Waals surface area contributed by atoms with E-state index < -0.39 is 0 Å². The Kier molecular flexibility index (Phi) is 5.10. The first kappa shape index (κ1) is 18.3.